The van der Waals surface area contributed by atoms with E-state index in [0.29, 0.717) is 22.6 Å². The molecule has 2 saturated carbocycles. The van der Waals surface area contributed by atoms with Gasteiger partial charge < -0.3 is 13.9 Å². The molecule has 2 bridgehead atoms. The number of hydrogen-bond donors (Lipinski definition) is 0. The third-order valence-corrected chi connectivity index (χ3v) is 7.62. The fourth-order valence-electron chi connectivity index (χ4n) is 4.96. The molecular weight excluding hydrogens is 412 g/mol. The number of ether oxygens (including phenoxy) is 2. The normalized spacial score (nSPS) is 28.5. The number of esters is 1. The Hall–Kier alpha value is -1.82. The monoisotopic (exact) mass is 434 g/mol. The minimum Gasteiger partial charge on any atom is -0.493 e. The van der Waals surface area contributed by atoms with Gasteiger partial charge in [0, 0.05) is 15.3 Å². The van der Waals surface area contributed by atoms with Crippen LogP contribution >= 0.6 is 15.9 Å². The maximum atomic E-state index is 12.8. The standard InChI is InChI=1S/C21H23BrO5/c1-20(2)12-5-6-21(20,3)16(9-12)26-18(23)14-8-11-7-13(22)10-15(25-4)17(11)27-19(14)24/h7-8,10,12,16H,5-6,9H2,1-4H3. The Bertz CT molecular complexity index is 992. The second-order valence-corrected chi connectivity index (χ2v) is 9.39. The van der Waals surface area contributed by atoms with Crippen LogP contribution in [0.5, 0.6) is 5.75 Å². The molecule has 4 rings (SSSR count). The highest BCUT2D eigenvalue weighted by Gasteiger charge is 2.62. The number of hydrogen-bond acceptors (Lipinski definition) is 5. The van der Waals surface area contributed by atoms with Crippen LogP contribution in [0.15, 0.2) is 31.9 Å². The van der Waals surface area contributed by atoms with Gasteiger partial charge in [0.05, 0.1) is 7.11 Å². The van der Waals surface area contributed by atoms with E-state index in [-0.39, 0.29) is 22.5 Å². The van der Waals surface area contributed by atoms with Crippen molar-refractivity contribution in [3.05, 3.63) is 38.7 Å². The van der Waals surface area contributed by atoms with E-state index in [4.69, 9.17) is 13.9 Å². The quantitative estimate of drug-likeness (QED) is 0.505. The van der Waals surface area contributed by atoms with Crippen molar-refractivity contribution in [1.82, 2.24) is 0 Å². The Morgan fingerprint density at radius 1 is 1.26 bits per heavy atom. The third-order valence-electron chi connectivity index (χ3n) is 7.17. The number of carbonyl (C=O) groups is 1. The molecule has 0 amide bonds. The Morgan fingerprint density at radius 3 is 2.59 bits per heavy atom. The number of benzene rings is 1. The SMILES string of the molecule is COc1cc(Br)cc2cc(C(=O)OC3CC4CCC3(C)C4(C)C)c(=O)oc12. The van der Waals surface area contributed by atoms with Gasteiger partial charge in [0.2, 0.25) is 0 Å². The summed E-state index contributed by atoms with van der Waals surface area (Å²) in [4.78, 5) is 25.2. The molecule has 3 unspecified atom stereocenters. The lowest BCUT2D eigenvalue weighted by Crippen LogP contribution is -2.38. The number of carbonyl (C=O) groups excluding carboxylic acids is 1. The summed E-state index contributed by atoms with van der Waals surface area (Å²) in [5, 5.41) is 0.604. The van der Waals surface area contributed by atoms with Gasteiger partial charge in [0.1, 0.15) is 11.7 Å². The molecule has 2 aliphatic rings. The van der Waals surface area contributed by atoms with Crippen molar-refractivity contribution < 1.29 is 18.7 Å². The summed E-state index contributed by atoms with van der Waals surface area (Å²) in [7, 11) is 1.50. The van der Waals surface area contributed by atoms with E-state index < -0.39 is 11.6 Å². The Kier molecular flexibility index (Phi) is 4.18. The minimum atomic E-state index is -0.708. The highest BCUT2D eigenvalue weighted by molar-refractivity contribution is 9.10. The van der Waals surface area contributed by atoms with E-state index >= 15 is 0 Å². The van der Waals surface area contributed by atoms with Crippen LogP contribution in [0.2, 0.25) is 0 Å². The summed E-state index contributed by atoms with van der Waals surface area (Å²) in [6.07, 6.45) is 2.89. The highest BCUT2D eigenvalue weighted by atomic mass is 79.9. The maximum Gasteiger partial charge on any atom is 0.351 e. The molecule has 0 N–H and O–H groups in total. The lowest BCUT2D eigenvalue weighted by molar-refractivity contribution is -0.0245. The van der Waals surface area contributed by atoms with E-state index in [0.717, 1.165) is 17.3 Å². The summed E-state index contributed by atoms with van der Waals surface area (Å²) >= 11 is 3.40. The van der Waals surface area contributed by atoms with Gasteiger partial charge >= 0.3 is 11.6 Å². The molecule has 0 radical (unpaired) electrons. The molecule has 1 aromatic carbocycles. The average Bonchev–Trinajstić information content (AvgIpc) is 2.94. The first kappa shape index (κ1) is 18.5. The molecule has 2 fully saturated rings. The molecule has 5 nitrogen and oxygen atoms in total. The summed E-state index contributed by atoms with van der Waals surface area (Å²) in [5.41, 5.74) is -0.399. The summed E-state index contributed by atoms with van der Waals surface area (Å²) in [6, 6.07) is 5.01. The molecule has 1 heterocycles. The molecule has 27 heavy (non-hydrogen) atoms. The van der Waals surface area contributed by atoms with Gasteiger partial charge in [-0.3, -0.25) is 0 Å². The van der Waals surface area contributed by atoms with Crippen LogP contribution in [0.4, 0.5) is 0 Å². The summed E-state index contributed by atoms with van der Waals surface area (Å²) in [6.45, 7) is 6.71. The minimum absolute atomic E-state index is 0.0589. The first-order valence-electron chi connectivity index (χ1n) is 9.20. The van der Waals surface area contributed by atoms with Crippen LogP contribution in [0.1, 0.15) is 50.4 Å². The lowest BCUT2D eigenvalue weighted by Gasteiger charge is -2.38. The molecule has 3 atom stereocenters. The van der Waals surface area contributed by atoms with Crippen molar-refractivity contribution >= 4 is 32.9 Å². The van der Waals surface area contributed by atoms with Gasteiger partial charge in [0.25, 0.3) is 0 Å². The van der Waals surface area contributed by atoms with Crippen molar-refractivity contribution in [1.29, 1.82) is 0 Å². The van der Waals surface area contributed by atoms with Crippen LogP contribution in [-0.4, -0.2) is 19.2 Å². The van der Waals surface area contributed by atoms with Gasteiger partial charge in [-0.15, -0.1) is 0 Å². The first-order chi connectivity index (χ1) is 12.7. The van der Waals surface area contributed by atoms with Crippen molar-refractivity contribution in [3.8, 4) is 5.75 Å². The zero-order chi connectivity index (χ0) is 19.6. The number of methoxy groups -OCH3 is 1. The second-order valence-electron chi connectivity index (χ2n) is 8.48. The van der Waals surface area contributed by atoms with E-state index in [1.165, 1.54) is 19.6 Å². The number of rotatable bonds is 3. The van der Waals surface area contributed by atoms with Crippen LogP contribution < -0.4 is 10.4 Å². The average molecular weight is 435 g/mol. The van der Waals surface area contributed by atoms with Crippen molar-refractivity contribution in [2.45, 2.75) is 46.1 Å². The predicted molar refractivity (Wildman–Crippen MR) is 105 cm³/mol. The highest BCUT2D eigenvalue weighted by Crippen LogP contribution is 2.66. The molecule has 6 heteroatoms. The number of fused-ring (bicyclic) bond motifs is 3. The fourth-order valence-corrected chi connectivity index (χ4v) is 5.42. The van der Waals surface area contributed by atoms with Crippen LogP contribution in [0.25, 0.3) is 11.0 Å². The maximum absolute atomic E-state index is 12.8. The zero-order valence-electron chi connectivity index (χ0n) is 15.9. The van der Waals surface area contributed by atoms with Gasteiger partial charge in [-0.1, -0.05) is 36.7 Å². The Balaban J connectivity index is 1.68. The molecule has 2 aromatic rings. The summed E-state index contributed by atoms with van der Waals surface area (Å²) in [5.74, 6) is 0.367. The van der Waals surface area contributed by atoms with E-state index in [9.17, 15) is 9.59 Å². The topological polar surface area (TPSA) is 65.7 Å². The molecule has 0 spiro atoms. The van der Waals surface area contributed by atoms with Gasteiger partial charge in [-0.05, 0) is 48.8 Å². The first-order valence-corrected chi connectivity index (χ1v) is 9.99. The largest absolute Gasteiger partial charge is 0.493 e. The predicted octanol–water partition coefficient (Wildman–Crippen LogP) is 4.94. The molecule has 2 aliphatic carbocycles. The van der Waals surface area contributed by atoms with E-state index in [2.05, 4.69) is 36.7 Å². The third kappa shape index (κ3) is 2.64. The smallest absolute Gasteiger partial charge is 0.351 e. The fraction of sp³-hybridized carbons (Fsp3) is 0.524. The van der Waals surface area contributed by atoms with Gasteiger partial charge in [-0.2, -0.15) is 0 Å². The zero-order valence-corrected chi connectivity index (χ0v) is 17.5. The summed E-state index contributed by atoms with van der Waals surface area (Å²) < 4.78 is 17.3. The van der Waals surface area contributed by atoms with Crippen molar-refractivity contribution in [3.63, 3.8) is 0 Å². The lowest BCUT2D eigenvalue weighted by atomic mass is 9.70. The Labute approximate surface area is 166 Å². The molecular formula is C21H23BrO5. The van der Waals surface area contributed by atoms with Crippen LogP contribution in [0, 0.1) is 16.7 Å². The second kappa shape index (κ2) is 6.09. The van der Waals surface area contributed by atoms with Gasteiger partial charge in [0.15, 0.2) is 11.3 Å². The molecule has 144 valence electrons. The molecule has 1 aromatic heterocycles. The number of halogens is 1. The Morgan fingerprint density at radius 2 is 2.00 bits per heavy atom. The van der Waals surface area contributed by atoms with E-state index in [1.807, 2.05) is 0 Å². The molecule has 0 saturated heterocycles. The van der Waals surface area contributed by atoms with Crippen molar-refractivity contribution in [2.75, 3.05) is 7.11 Å². The van der Waals surface area contributed by atoms with Gasteiger partial charge in [-0.25, -0.2) is 9.59 Å². The van der Waals surface area contributed by atoms with Crippen molar-refractivity contribution in [2.24, 2.45) is 16.7 Å². The van der Waals surface area contributed by atoms with Crippen LogP contribution in [0.3, 0.4) is 0 Å². The van der Waals surface area contributed by atoms with E-state index in [1.54, 1.807) is 12.1 Å². The van der Waals surface area contributed by atoms with Crippen LogP contribution in [-0.2, 0) is 4.74 Å². The molecule has 0 aliphatic heterocycles.